The predicted molar refractivity (Wildman–Crippen MR) is 100 cm³/mol. The van der Waals surface area contributed by atoms with E-state index in [1.54, 1.807) is 7.11 Å². The van der Waals surface area contributed by atoms with Crippen molar-refractivity contribution < 1.29 is 9.16 Å². The molecule has 1 atom stereocenters. The fraction of sp³-hybridized carbons (Fsp3) is 1.00. The molecule has 0 heterocycles. The molecule has 0 radical (unpaired) electrons. The number of methoxy groups -OCH3 is 1. The molecule has 4 heteroatoms. The second kappa shape index (κ2) is 7.76. The molecule has 0 bridgehead atoms. The SMILES string of the molecule is COCCCC(C)(CC(C)(C)O[Si](C)(C)C)C[Si](C)(C)C. The van der Waals surface area contributed by atoms with E-state index in [9.17, 15) is 0 Å². The third-order valence-corrected chi connectivity index (χ3v) is 6.60. The van der Waals surface area contributed by atoms with E-state index < -0.39 is 16.4 Å². The molecule has 0 aromatic rings. The molecule has 21 heavy (non-hydrogen) atoms. The first kappa shape index (κ1) is 21.4. The summed E-state index contributed by atoms with van der Waals surface area (Å²) in [6.07, 6.45) is 3.54. The standard InChI is InChI=1S/C17H40O2Si2/c1-16(2,19-21(8,9)10)14-17(3,12-11-13-18-4)15-20(5,6)7/h11-15H2,1-10H3. The van der Waals surface area contributed by atoms with Gasteiger partial charge in [-0.05, 0) is 58.2 Å². The molecule has 0 amide bonds. The molecule has 1 unspecified atom stereocenters. The Kier molecular flexibility index (Phi) is 7.89. The second-order valence-corrected chi connectivity index (χ2v) is 19.7. The van der Waals surface area contributed by atoms with Crippen molar-refractivity contribution in [3.63, 3.8) is 0 Å². The van der Waals surface area contributed by atoms with E-state index >= 15 is 0 Å². The van der Waals surface area contributed by atoms with Crippen LogP contribution in [0, 0.1) is 5.41 Å². The van der Waals surface area contributed by atoms with Crippen LogP contribution in [0.15, 0.2) is 0 Å². The Morgan fingerprint density at radius 2 is 1.43 bits per heavy atom. The van der Waals surface area contributed by atoms with Gasteiger partial charge in [-0.2, -0.15) is 0 Å². The van der Waals surface area contributed by atoms with Gasteiger partial charge in [0, 0.05) is 21.8 Å². The summed E-state index contributed by atoms with van der Waals surface area (Å²) < 4.78 is 11.7. The summed E-state index contributed by atoms with van der Waals surface area (Å²) in [7, 11) is -0.799. The van der Waals surface area contributed by atoms with Crippen LogP contribution in [0.3, 0.4) is 0 Å². The topological polar surface area (TPSA) is 18.5 Å². The molecule has 0 saturated carbocycles. The lowest BCUT2D eigenvalue weighted by atomic mass is 9.78. The van der Waals surface area contributed by atoms with Gasteiger partial charge in [-0.15, -0.1) is 0 Å². The molecule has 0 aliphatic rings. The Bertz CT molecular complexity index is 303. The first-order chi connectivity index (χ1) is 9.18. The van der Waals surface area contributed by atoms with Crippen LogP contribution >= 0.6 is 0 Å². The molecule has 0 saturated heterocycles. The highest BCUT2D eigenvalue weighted by Gasteiger charge is 2.38. The maximum atomic E-state index is 6.46. The highest BCUT2D eigenvalue weighted by Crippen LogP contribution is 2.42. The van der Waals surface area contributed by atoms with Crippen molar-refractivity contribution in [2.45, 2.75) is 91.0 Å². The van der Waals surface area contributed by atoms with E-state index in [-0.39, 0.29) is 5.60 Å². The Morgan fingerprint density at radius 1 is 0.905 bits per heavy atom. The van der Waals surface area contributed by atoms with E-state index in [4.69, 9.17) is 9.16 Å². The Balaban J connectivity index is 4.95. The van der Waals surface area contributed by atoms with Crippen LogP contribution in [0.4, 0.5) is 0 Å². The molecule has 0 spiro atoms. The van der Waals surface area contributed by atoms with Crippen LogP contribution in [-0.2, 0) is 9.16 Å². The molecule has 0 aliphatic heterocycles. The van der Waals surface area contributed by atoms with Gasteiger partial charge >= 0.3 is 0 Å². The molecular formula is C17H40O2Si2. The van der Waals surface area contributed by atoms with Crippen LogP contribution in [0.5, 0.6) is 0 Å². The van der Waals surface area contributed by atoms with Crippen molar-refractivity contribution in [1.82, 2.24) is 0 Å². The summed E-state index contributed by atoms with van der Waals surface area (Å²) in [6.45, 7) is 22.2. The average molecular weight is 333 g/mol. The highest BCUT2D eigenvalue weighted by atomic mass is 28.4. The Hall–Kier alpha value is 0.354. The number of ether oxygens (including phenoxy) is 1. The maximum absolute atomic E-state index is 6.46. The maximum Gasteiger partial charge on any atom is 0.184 e. The number of rotatable bonds is 10. The first-order valence-electron chi connectivity index (χ1n) is 8.37. The quantitative estimate of drug-likeness (QED) is 0.373. The highest BCUT2D eigenvalue weighted by molar-refractivity contribution is 6.76. The fourth-order valence-corrected chi connectivity index (χ4v) is 8.65. The van der Waals surface area contributed by atoms with E-state index in [1.165, 1.54) is 12.5 Å². The smallest absolute Gasteiger partial charge is 0.184 e. The first-order valence-corrected chi connectivity index (χ1v) is 15.5. The molecule has 0 rings (SSSR count). The molecule has 0 fully saturated rings. The summed E-state index contributed by atoms with van der Waals surface area (Å²) >= 11 is 0. The van der Waals surface area contributed by atoms with Crippen LogP contribution in [0.25, 0.3) is 0 Å². The van der Waals surface area contributed by atoms with Gasteiger partial charge in [0.1, 0.15) is 0 Å². The summed E-state index contributed by atoms with van der Waals surface area (Å²) in [4.78, 5) is 0. The third kappa shape index (κ3) is 11.6. The number of hydrogen-bond donors (Lipinski definition) is 0. The molecule has 0 aliphatic carbocycles. The molecule has 0 aromatic carbocycles. The molecule has 2 nitrogen and oxygen atoms in total. The zero-order valence-corrected chi connectivity index (χ0v) is 18.4. The van der Waals surface area contributed by atoms with Crippen molar-refractivity contribution in [3.05, 3.63) is 0 Å². The fourth-order valence-electron chi connectivity index (χ4n) is 4.06. The average Bonchev–Trinajstić information content (AvgIpc) is 2.08. The minimum absolute atomic E-state index is 0.0219. The lowest BCUT2D eigenvalue weighted by Crippen LogP contribution is -2.43. The Labute approximate surface area is 136 Å². The van der Waals surface area contributed by atoms with Gasteiger partial charge in [0.05, 0.1) is 5.60 Å². The zero-order chi connectivity index (χ0) is 16.9. The van der Waals surface area contributed by atoms with Gasteiger partial charge in [0.15, 0.2) is 8.32 Å². The van der Waals surface area contributed by atoms with E-state index in [0.717, 1.165) is 19.4 Å². The van der Waals surface area contributed by atoms with Crippen LogP contribution in [0.1, 0.15) is 40.0 Å². The molecule has 0 aromatic heterocycles. The molecule has 0 N–H and O–H groups in total. The second-order valence-electron chi connectivity index (χ2n) is 9.80. The lowest BCUT2D eigenvalue weighted by Gasteiger charge is -2.43. The zero-order valence-electron chi connectivity index (χ0n) is 16.4. The van der Waals surface area contributed by atoms with Gasteiger partial charge in [0.2, 0.25) is 0 Å². The van der Waals surface area contributed by atoms with E-state index in [2.05, 4.69) is 60.1 Å². The van der Waals surface area contributed by atoms with Gasteiger partial charge in [0.25, 0.3) is 0 Å². The molecule has 128 valence electrons. The Morgan fingerprint density at radius 3 is 1.81 bits per heavy atom. The number of hydrogen-bond acceptors (Lipinski definition) is 2. The van der Waals surface area contributed by atoms with Gasteiger partial charge < -0.3 is 9.16 Å². The van der Waals surface area contributed by atoms with E-state index in [1.807, 2.05) is 0 Å². The minimum Gasteiger partial charge on any atom is -0.413 e. The normalized spacial score (nSPS) is 16.9. The molecular weight excluding hydrogens is 292 g/mol. The summed E-state index contributed by atoms with van der Waals surface area (Å²) in [5, 5.41) is 0. The van der Waals surface area contributed by atoms with Crippen LogP contribution in [-0.4, -0.2) is 35.7 Å². The monoisotopic (exact) mass is 332 g/mol. The summed E-state index contributed by atoms with van der Waals surface area (Å²) in [5.74, 6) is 0. The summed E-state index contributed by atoms with van der Waals surface area (Å²) in [5.41, 5.74) is 0.345. The lowest BCUT2D eigenvalue weighted by molar-refractivity contribution is 0.0424. The largest absolute Gasteiger partial charge is 0.413 e. The van der Waals surface area contributed by atoms with Crippen molar-refractivity contribution in [3.8, 4) is 0 Å². The van der Waals surface area contributed by atoms with Crippen molar-refractivity contribution >= 4 is 16.4 Å². The van der Waals surface area contributed by atoms with E-state index in [0.29, 0.717) is 5.41 Å². The minimum atomic E-state index is -1.50. The van der Waals surface area contributed by atoms with Crippen LogP contribution in [0.2, 0.25) is 45.3 Å². The van der Waals surface area contributed by atoms with Gasteiger partial charge in [-0.1, -0.05) is 32.6 Å². The van der Waals surface area contributed by atoms with Gasteiger partial charge in [-0.25, -0.2) is 0 Å². The third-order valence-electron chi connectivity index (χ3n) is 3.52. The van der Waals surface area contributed by atoms with Crippen molar-refractivity contribution in [2.75, 3.05) is 13.7 Å². The summed E-state index contributed by atoms with van der Waals surface area (Å²) in [6, 6.07) is 1.36. The van der Waals surface area contributed by atoms with Crippen molar-refractivity contribution in [1.29, 1.82) is 0 Å². The predicted octanol–water partition coefficient (Wildman–Crippen LogP) is 5.78. The van der Waals surface area contributed by atoms with Crippen LogP contribution < -0.4 is 0 Å². The van der Waals surface area contributed by atoms with Gasteiger partial charge in [-0.3, -0.25) is 0 Å². The van der Waals surface area contributed by atoms with Crippen molar-refractivity contribution in [2.24, 2.45) is 5.41 Å².